The smallest absolute Gasteiger partial charge is 0.263 e. The fourth-order valence-corrected chi connectivity index (χ4v) is 3.27. The van der Waals surface area contributed by atoms with E-state index in [0.717, 1.165) is 18.7 Å². The predicted molar refractivity (Wildman–Crippen MR) is 106 cm³/mol. The summed E-state index contributed by atoms with van der Waals surface area (Å²) >= 11 is 0. The molecule has 2 aromatic carbocycles. The lowest BCUT2D eigenvalue weighted by atomic mass is 10.0. The van der Waals surface area contributed by atoms with Gasteiger partial charge in [-0.25, -0.2) is 4.39 Å². The summed E-state index contributed by atoms with van der Waals surface area (Å²) in [6.07, 6.45) is 0. The highest BCUT2D eigenvalue weighted by Gasteiger charge is 2.31. The maximum Gasteiger partial charge on any atom is 0.263 e. The summed E-state index contributed by atoms with van der Waals surface area (Å²) in [7, 11) is 0. The molecule has 0 bridgehead atoms. The molecule has 6 heteroatoms. The van der Waals surface area contributed by atoms with E-state index in [1.807, 2.05) is 18.2 Å². The number of carbonyl (C=O) groups is 1. The summed E-state index contributed by atoms with van der Waals surface area (Å²) in [5.41, 5.74) is 0.0753. The van der Waals surface area contributed by atoms with Gasteiger partial charge in [0.15, 0.2) is 5.60 Å². The highest BCUT2D eigenvalue weighted by Crippen LogP contribution is 2.22. The minimum atomic E-state index is -1.08. The average Bonchev–Trinajstić information content (AvgIpc) is 2.71. The molecule has 2 aromatic rings. The molecule has 1 fully saturated rings. The second kappa shape index (κ2) is 9.17. The van der Waals surface area contributed by atoms with Gasteiger partial charge in [0.25, 0.3) is 5.91 Å². The molecule has 1 heterocycles. The number of nitrogens with zero attached hydrogens (tertiary/aromatic N) is 1. The minimum absolute atomic E-state index is 0.0654. The first kappa shape index (κ1) is 20.3. The van der Waals surface area contributed by atoms with Gasteiger partial charge >= 0.3 is 0 Å². The molecule has 1 saturated heterocycles. The van der Waals surface area contributed by atoms with Gasteiger partial charge in [0, 0.05) is 19.6 Å². The number of morpholine rings is 1. The lowest BCUT2D eigenvalue weighted by Gasteiger charge is -2.35. The first-order valence-electron chi connectivity index (χ1n) is 9.55. The zero-order valence-corrected chi connectivity index (χ0v) is 16.4. The summed E-state index contributed by atoms with van der Waals surface area (Å²) in [5, 5.41) is 3.03. The fraction of sp³-hybridized carbons (Fsp3) is 0.409. The van der Waals surface area contributed by atoms with Crippen molar-refractivity contribution in [3.05, 3.63) is 66.0 Å². The highest BCUT2D eigenvalue weighted by molar-refractivity contribution is 5.84. The van der Waals surface area contributed by atoms with Crippen LogP contribution in [-0.4, -0.2) is 49.3 Å². The second-order valence-corrected chi connectivity index (χ2v) is 7.35. The van der Waals surface area contributed by atoms with Crippen molar-refractivity contribution in [1.29, 1.82) is 0 Å². The number of benzene rings is 2. The maximum absolute atomic E-state index is 13.1. The molecule has 0 radical (unpaired) electrons. The molecule has 0 aromatic heterocycles. The van der Waals surface area contributed by atoms with Gasteiger partial charge < -0.3 is 14.8 Å². The lowest BCUT2D eigenvalue weighted by Crippen LogP contribution is -2.50. The maximum atomic E-state index is 13.1. The summed E-state index contributed by atoms with van der Waals surface area (Å²) in [4.78, 5) is 15.1. The number of hydrogen-bond donors (Lipinski definition) is 1. The SMILES string of the molecule is CC(C)(Oc1ccc(F)cc1)C(=O)NCC(c1ccccc1)N1CCOCC1. The van der Waals surface area contributed by atoms with Crippen LogP contribution in [0.4, 0.5) is 4.39 Å². The Morgan fingerprint density at radius 1 is 1.14 bits per heavy atom. The number of amides is 1. The second-order valence-electron chi connectivity index (χ2n) is 7.35. The number of rotatable bonds is 7. The summed E-state index contributed by atoms with van der Waals surface area (Å²) < 4.78 is 24.3. The summed E-state index contributed by atoms with van der Waals surface area (Å²) in [5.74, 6) is -0.105. The van der Waals surface area contributed by atoms with Crippen molar-refractivity contribution >= 4 is 5.91 Å². The fourth-order valence-electron chi connectivity index (χ4n) is 3.27. The number of halogens is 1. The van der Waals surface area contributed by atoms with E-state index in [2.05, 4.69) is 22.3 Å². The van der Waals surface area contributed by atoms with Crippen LogP contribution in [0, 0.1) is 5.82 Å². The molecule has 28 heavy (non-hydrogen) atoms. The van der Waals surface area contributed by atoms with Crippen LogP contribution in [0.2, 0.25) is 0 Å². The highest BCUT2D eigenvalue weighted by atomic mass is 19.1. The first-order valence-corrected chi connectivity index (χ1v) is 9.55. The van der Waals surface area contributed by atoms with Gasteiger partial charge in [-0.15, -0.1) is 0 Å². The number of nitrogens with one attached hydrogen (secondary N) is 1. The van der Waals surface area contributed by atoms with Crippen molar-refractivity contribution in [1.82, 2.24) is 10.2 Å². The zero-order chi connectivity index (χ0) is 20.0. The van der Waals surface area contributed by atoms with Gasteiger partial charge in [0.1, 0.15) is 11.6 Å². The summed E-state index contributed by atoms with van der Waals surface area (Å²) in [6, 6.07) is 15.9. The van der Waals surface area contributed by atoms with Crippen LogP contribution in [0.15, 0.2) is 54.6 Å². The van der Waals surface area contributed by atoms with E-state index in [9.17, 15) is 9.18 Å². The van der Waals surface area contributed by atoms with E-state index in [1.54, 1.807) is 13.8 Å². The molecule has 1 unspecified atom stereocenters. The Morgan fingerprint density at radius 3 is 2.43 bits per heavy atom. The van der Waals surface area contributed by atoms with E-state index in [-0.39, 0.29) is 17.8 Å². The van der Waals surface area contributed by atoms with Gasteiger partial charge in [-0.1, -0.05) is 30.3 Å². The van der Waals surface area contributed by atoms with E-state index in [4.69, 9.17) is 9.47 Å². The largest absolute Gasteiger partial charge is 0.478 e. The standard InChI is InChI=1S/C22H27FN2O3/c1-22(2,28-19-10-8-18(23)9-11-19)21(26)24-16-20(17-6-4-3-5-7-17)25-12-14-27-15-13-25/h3-11,20H,12-16H2,1-2H3,(H,24,26). The molecule has 1 aliphatic rings. The van der Waals surface area contributed by atoms with Gasteiger partial charge in [-0.2, -0.15) is 0 Å². The van der Waals surface area contributed by atoms with Crippen molar-refractivity contribution in [2.45, 2.75) is 25.5 Å². The van der Waals surface area contributed by atoms with Gasteiger partial charge in [-0.3, -0.25) is 9.69 Å². The Hall–Kier alpha value is -2.44. The minimum Gasteiger partial charge on any atom is -0.478 e. The van der Waals surface area contributed by atoms with Gasteiger partial charge in [0.2, 0.25) is 0 Å². The Labute approximate surface area is 165 Å². The van der Waals surface area contributed by atoms with Crippen LogP contribution >= 0.6 is 0 Å². The molecular formula is C22H27FN2O3. The van der Waals surface area contributed by atoms with Crippen molar-refractivity contribution < 1.29 is 18.7 Å². The molecule has 0 saturated carbocycles. The third-order valence-electron chi connectivity index (χ3n) is 4.86. The van der Waals surface area contributed by atoms with Crippen LogP contribution in [0.1, 0.15) is 25.5 Å². The number of ether oxygens (including phenoxy) is 2. The van der Waals surface area contributed by atoms with E-state index in [1.165, 1.54) is 24.3 Å². The van der Waals surface area contributed by atoms with Crippen LogP contribution in [0.25, 0.3) is 0 Å². The Kier molecular flexibility index (Phi) is 6.65. The topological polar surface area (TPSA) is 50.8 Å². The molecule has 1 N–H and O–H groups in total. The quantitative estimate of drug-likeness (QED) is 0.794. The van der Waals surface area contributed by atoms with Crippen molar-refractivity contribution in [3.8, 4) is 5.75 Å². The molecule has 1 atom stereocenters. The van der Waals surface area contributed by atoms with Crippen molar-refractivity contribution in [3.63, 3.8) is 0 Å². The molecule has 1 amide bonds. The predicted octanol–water partition coefficient (Wildman–Crippen LogP) is 3.17. The van der Waals surface area contributed by atoms with Crippen LogP contribution < -0.4 is 10.1 Å². The van der Waals surface area contributed by atoms with E-state index >= 15 is 0 Å². The van der Waals surface area contributed by atoms with E-state index in [0.29, 0.717) is 25.5 Å². The van der Waals surface area contributed by atoms with Crippen molar-refractivity contribution in [2.24, 2.45) is 0 Å². The molecule has 0 aliphatic carbocycles. The van der Waals surface area contributed by atoms with Crippen molar-refractivity contribution in [2.75, 3.05) is 32.8 Å². The van der Waals surface area contributed by atoms with Crippen LogP contribution in [0.3, 0.4) is 0 Å². The first-order chi connectivity index (χ1) is 13.5. The van der Waals surface area contributed by atoms with Crippen LogP contribution in [-0.2, 0) is 9.53 Å². The normalized spacial score (nSPS) is 16.4. The lowest BCUT2D eigenvalue weighted by molar-refractivity contribution is -0.134. The Balaban J connectivity index is 1.65. The molecule has 5 nitrogen and oxygen atoms in total. The van der Waals surface area contributed by atoms with Crippen LogP contribution in [0.5, 0.6) is 5.75 Å². The van der Waals surface area contributed by atoms with Gasteiger partial charge in [-0.05, 0) is 43.7 Å². The number of hydrogen-bond acceptors (Lipinski definition) is 4. The van der Waals surface area contributed by atoms with Gasteiger partial charge in [0.05, 0.1) is 19.3 Å². The molecule has 150 valence electrons. The molecule has 3 rings (SSSR count). The van der Waals surface area contributed by atoms with E-state index < -0.39 is 5.60 Å². The molecular weight excluding hydrogens is 359 g/mol. The average molecular weight is 386 g/mol. The zero-order valence-electron chi connectivity index (χ0n) is 16.4. The summed E-state index contributed by atoms with van der Waals surface area (Å²) in [6.45, 7) is 6.91. The Bertz CT molecular complexity index is 759. The third kappa shape index (κ3) is 5.30. The number of carbonyl (C=O) groups excluding carboxylic acids is 1. The Morgan fingerprint density at radius 2 is 1.79 bits per heavy atom. The monoisotopic (exact) mass is 386 g/mol. The third-order valence-corrected chi connectivity index (χ3v) is 4.86. The molecule has 1 aliphatic heterocycles. The molecule has 0 spiro atoms.